The maximum absolute atomic E-state index is 12.0. The normalized spacial score (nSPS) is 20.6. The average molecular weight is 319 g/mol. The zero-order valence-corrected chi connectivity index (χ0v) is 13.5. The lowest BCUT2D eigenvalue weighted by atomic mass is 9.89. The Labute approximate surface area is 137 Å². The number of nitrogens with one attached hydrogen (secondary N) is 1. The first-order valence-electron chi connectivity index (χ1n) is 8.04. The fraction of sp³-hybridized carbons (Fsp3) is 0.529. The Bertz CT molecular complexity index is 521. The lowest BCUT2D eigenvalue weighted by Gasteiger charge is -2.38. The number of carbonyl (C=O) groups is 2. The Hall–Kier alpha value is -2.08. The molecule has 1 aromatic carbocycles. The second-order valence-corrected chi connectivity index (χ2v) is 5.87. The summed E-state index contributed by atoms with van der Waals surface area (Å²) in [7, 11) is 1.75. The van der Waals surface area contributed by atoms with Gasteiger partial charge in [-0.25, -0.2) is 4.79 Å². The van der Waals surface area contributed by atoms with Crippen LogP contribution in [0.15, 0.2) is 30.3 Å². The van der Waals surface area contributed by atoms with Gasteiger partial charge < -0.3 is 20.7 Å². The van der Waals surface area contributed by atoms with Crippen LogP contribution in [0.1, 0.15) is 31.2 Å². The highest BCUT2D eigenvalue weighted by molar-refractivity contribution is 5.78. The second kappa shape index (κ2) is 8.53. The van der Waals surface area contributed by atoms with Crippen LogP contribution in [0.3, 0.4) is 0 Å². The highest BCUT2D eigenvalue weighted by Crippen LogP contribution is 2.22. The molecule has 6 nitrogen and oxygen atoms in total. The van der Waals surface area contributed by atoms with Crippen LogP contribution in [-0.4, -0.2) is 42.6 Å². The number of alkyl carbamates (subject to hydrolysis) is 1. The summed E-state index contributed by atoms with van der Waals surface area (Å²) in [6.07, 6.45) is 3.34. The molecule has 1 aliphatic carbocycles. The van der Waals surface area contributed by atoms with E-state index < -0.39 is 6.09 Å². The van der Waals surface area contributed by atoms with Crippen molar-refractivity contribution in [2.24, 2.45) is 5.73 Å². The summed E-state index contributed by atoms with van der Waals surface area (Å²) in [5.74, 6) is -0.110. The lowest BCUT2D eigenvalue weighted by molar-refractivity contribution is -0.131. The predicted octanol–water partition coefficient (Wildman–Crippen LogP) is 1.64. The van der Waals surface area contributed by atoms with Crippen LogP contribution in [0, 0.1) is 0 Å². The van der Waals surface area contributed by atoms with E-state index in [-0.39, 0.29) is 31.1 Å². The molecule has 0 saturated heterocycles. The number of amides is 2. The molecule has 0 heterocycles. The Morgan fingerprint density at radius 2 is 1.96 bits per heavy atom. The molecule has 2 rings (SSSR count). The van der Waals surface area contributed by atoms with Crippen LogP contribution in [0.5, 0.6) is 0 Å². The van der Waals surface area contributed by atoms with E-state index in [1.807, 2.05) is 30.3 Å². The molecule has 0 unspecified atom stereocenters. The van der Waals surface area contributed by atoms with E-state index in [1.165, 1.54) is 0 Å². The highest BCUT2D eigenvalue weighted by atomic mass is 16.5. The molecule has 126 valence electrons. The van der Waals surface area contributed by atoms with Crippen molar-refractivity contribution in [3.05, 3.63) is 35.9 Å². The molecular formula is C17H25N3O3. The molecule has 3 N–H and O–H groups in total. The van der Waals surface area contributed by atoms with E-state index in [0.29, 0.717) is 0 Å². The number of hydrogen-bond donors (Lipinski definition) is 2. The molecule has 23 heavy (non-hydrogen) atoms. The van der Waals surface area contributed by atoms with Gasteiger partial charge in [0.25, 0.3) is 0 Å². The van der Waals surface area contributed by atoms with Crippen molar-refractivity contribution in [2.45, 2.75) is 44.4 Å². The Balaban J connectivity index is 1.88. The average Bonchev–Trinajstić information content (AvgIpc) is 2.60. The molecule has 6 heteroatoms. The van der Waals surface area contributed by atoms with Crippen molar-refractivity contribution < 1.29 is 14.3 Å². The van der Waals surface area contributed by atoms with Gasteiger partial charge in [-0.3, -0.25) is 4.79 Å². The van der Waals surface area contributed by atoms with E-state index in [0.717, 1.165) is 31.2 Å². The number of benzene rings is 1. The number of carbonyl (C=O) groups excluding carboxylic acids is 2. The minimum absolute atomic E-state index is 0.0157. The van der Waals surface area contributed by atoms with Crippen molar-refractivity contribution in [1.82, 2.24) is 10.2 Å². The minimum atomic E-state index is -0.445. The summed E-state index contributed by atoms with van der Waals surface area (Å²) in [5, 5.41) is 2.90. The van der Waals surface area contributed by atoms with E-state index in [4.69, 9.17) is 10.5 Å². The van der Waals surface area contributed by atoms with Gasteiger partial charge in [0.1, 0.15) is 6.61 Å². The second-order valence-electron chi connectivity index (χ2n) is 5.87. The molecule has 0 bridgehead atoms. The zero-order chi connectivity index (χ0) is 16.7. The fourth-order valence-electron chi connectivity index (χ4n) is 2.99. The minimum Gasteiger partial charge on any atom is -0.445 e. The van der Waals surface area contributed by atoms with Crippen molar-refractivity contribution in [2.75, 3.05) is 13.6 Å². The smallest absolute Gasteiger partial charge is 0.407 e. The van der Waals surface area contributed by atoms with Crippen LogP contribution < -0.4 is 11.1 Å². The van der Waals surface area contributed by atoms with Crippen LogP contribution >= 0.6 is 0 Å². The van der Waals surface area contributed by atoms with Crippen molar-refractivity contribution in [1.29, 1.82) is 0 Å². The zero-order valence-electron chi connectivity index (χ0n) is 13.5. The number of nitrogens with two attached hydrogens (primary N) is 1. The summed E-state index contributed by atoms with van der Waals surface area (Å²) in [4.78, 5) is 25.5. The van der Waals surface area contributed by atoms with E-state index in [1.54, 1.807) is 11.9 Å². The van der Waals surface area contributed by atoms with Gasteiger partial charge in [0.05, 0.1) is 18.6 Å². The Morgan fingerprint density at radius 1 is 1.26 bits per heavy atom. The summed E-state index contributed by atoms with van der Waals surface area (Å²) in [6.45, 7) is 0.222. The molecule has 0 spiro atoms. The Morgan fingerprint density at radius 3 is 2.65 bits per heavy atom. The molecule has 1 aromatic rings. The third-order valence-electron chi connectivity index (χ3n) is 4.31. The molecular weight excluding hydrogens is 294 g/mol. The number of nitrogens with zero attached hydrogens (tertiary/aromatic N) is 1. The van der Waals surface area contributed by atoms with E-state index in [2.05, 4.69) is 5.32 Å². The maximum Gasteiger partial charge on any atom is 0.407 e. The Kier molecular flexibility index (Phi) is 6.40. The standard InChI is InChI=1S/C17H25N3O3/c1-20(16(21)11-18)15-10-6-5-9-14(15)19-17(22)23-12-13-7-3-2-4-8-13/h2-4,7-8,14-15H,5-6,9-12,18H2,1H3,(H,19,22)/t14-,15+/m1/s1. The first-order valence-corrected chi connectivity index (χ1v) is 8.04. The summed E-state index contributed by atoms with van der Waals surface area (Å²) in [5.41, 5.74) is 6.38. The first kappa shape index (κ1) is 17.3. The fourth-order valence-corrected chi connectivity index (χ4v) is 2.99. The predicted molar refractivity (Wildman–Crippen MR) is 87.6 cm³/mol. The first-order chi connectivity index (χ1) is 11.1. The number of likely N-dealkylation sites (N-methyl/N-ethyl adjacent to an activating group) is 1. The van der Waals surface area contributed by atoms with Crippen molar-refractivity contribution in [3.8, 4) is 0 Å². The monoisotopic (exact) mass is 319 g/mol. The topological polar surface area (TPSA) is 84.7 Å². The summed E-state index contributed by atoms with van der Waals surface area (Å²) in [6, 6.07) is 9.42. The van der Waals surface area contributed by atoms with Gasteiger partial charge in [-0.1, -0.05) is 43.2 Å². The molecule has 0 aliphatic heterocycles. The van der Waals surface area contributed by atoms with Crippen LogP contribution in [-0.2, 0) is 16.1 Å². The van der Waals surface area contributed by atoms with Gasteiger partial charge >= 0.3 is 6.09 Å². The van der Waals surface area contributed by atoms with E-state index in [9.17, 15) is 9.59 Å². The SMILES string of the molecule is CN(C(=O)CN)[C@H]1CCCC[C@H]1NC(=O)OCc1ccccc1. The van der Waals surface area contributed by atoms with Gasteiger partial charge in [0.2, 0.25) is 5.91 Å². The third kappa shape index (κ3) is 4.96. The molecule has 0 aromatic heterocycles. The molecule has 2 atom stereocenters. The highest BCUT2D eigenvalue weighted by Gasteiger charge is 2.31. The lowest BCUT2D eigenvalue weighted by Crippen LogP contribution is -2.54. The number of ether oxygens (including phenoxy) is 1. The third-order valence-corrected chi connectivity index (χ3v) is 4.31. The van der Waals surface area contributed by atoms with E-state index >= 15 is 0 Å². The summed E-state index contributed by atoms with van der Waals surface area (Å²) < 4.78 is 5.27. The van der Waals surface area contributed by atoms with Crippen molar-refractivity contribution in [3.63, 3.8) is 0 Å². The number of rotatable bonds is 5. The molecule has 2 amide bonds. The molecule has 1 saturated carbocycles. The van der Waals surface area contributed by atoms with Gasteiger partial charge in [0, 0.05) is 7.05 Å². The number of hydrogen-bond acceptors (Lipinski definition) is 4. The quantitative estimate of drug-likeness (QED) is 0.864. The largest absolute Gasteiger partial charge is 0.445 e. The van der Waals surface area contributed by atoms with Crippen molar-refractivity contribution >= 4 is 12.0 Å². The van der Waals surface area contributed by atoms with Gasteiger partial charge in [-0.15, -0.1) is 0 Å². The van der Waals surface area contributed by atoms with Crippen LogP contribution in [0.4, 0.5) is 4.79 Å². The van der Waals surface area contributed by atoms with Gasteiger partial charge in [-0.05, 0) is 18.4 Å². The maximum atomic E-state index is 12.0. The molecule has 1 fully saturated rings. The summed E-state index contributed by atoms with van der Waals surface area (Å²) >= 11 is 0. The molecule has 0 radical (unpaired) electrons. The van der Waals surface area contributed by atoms with Crippen LogP contribution in [0.25, 0.3) is 0 Å². The van der Waals surface area contributed by atoms with Gasteiger partial charge in [-0.2, -0.15) is 0 Å². The van der Waals surface area contributed by atoms with Crippen LogP contribution in [0.2, 0.25) is 0 Å². The van der Waals surface area contributed by atoms with Gasteiger partial charge in [0.15, 0.2) is 0 Å². The molecule has 1 aliphatic rings.